The molecule has 0 aliphatic carbocycles. The van der Waals surface area contributed by atoms with Gasteiger partial charge in [0.25, 0.3) is 10.0 Å². The molecule has 0 aliphatic rings. The molecule has 0 aliphatic heterocycles. The average molecular weight is 316 g/mol. The van der Waals surface area contributed by atoms with Crippen LogP contribution in [0, 0.1) is 6.92 Å². The maximum atomic E-state index is 12.4. The molecule has 0 radical (unpaired) electrons. The molecule has 104 valence electrons. The second-order valence-corrected chi connectivity index (χ2v) is 8.70. The van der Waals surface area contributed by atoms with Crippen LogP contribution < -0.4 is 0 Å². The third-order valence-corrected chi connectivity index (χ3v) is 7.02. The van der Waals surface area contributed by atoms with E-state index in [4.69, 9.17) is 0 Å². The summed E-state index contributed by atoms with van der Waals surface area (Å²) < 4.78 is 26.5. The molecule has 2 aromatic rings. The fraction of sp³-hybridized carbons (Fsp3) is 0.417. The number of thiazole rings is 1. The molecular formula is C12H16N2O2S3. The van der Waals surface area contributed by atoms with Gasteiger partial charge in [-0.05, 0) is 25.5 Å². The highest BCUT2D eigenvalue weighted by atomic mass is 32.2. The molecule has 0 bridgehead atoms. The van der Waals surface area contributed by atoms with Crippen LogP contribution in [0.2, 0.25) is 0 Å². The van der Waals surface area contributed by atoms with E-state index in [0.717, 1.165) is 22.0 Å². The molecule has 0 N–H and O–H groups in total. The summed E-state index contributed by atoms with van der Waals surface area (Å²) in [5.41, 5.74) is 0.792. The van der Waals surface area contributed by atoms with Gasteiger partial charge in [0.15, 0.2) is 0 Å². The Morgan fingerprint density at radius 1 is 1.37 bits per heavy atom. The van der Waals surface area contributed by atoms with Crippen molar-refractivity contribution in [2.24, 2.45) is 0 Å². The summed E-state index contributed by atoms with van der Waals surface area (Å²) in [5.74, 6) is 0. The molecular weight excluding hydrogens is 300 g/mol. The number of hydrogen-bond acceptors (Lipinski definition) is 5. The minimum absolute atomic E-state index is 0.312. The van der Waals surface area contributed by atoms with Gasteiger partial charge in [-0.3, -0.25) is 0 Å². The lowest BCUT2D eigenvalue weighted by Gasteiger charge is -2.14. The number of thiophene rings is 1. The van der Waals surface area contributed by atoms with Crippen molar-refractivity contribution in [3.05, 3.63) is 33.1 Å². The minimum atomic E-state index is -3.40. The number of sulfonamides is 1. The van der Waals surface area contributed by atoms with Crippen molar-refractivity contribution < 1.29 is 8.42 Å². The van der Waals surface area contributed by atoms with Gasteiger partial charge < -0.3 is 0 Å². The Balaban J connectivity index is 2.19. The lowest BCUT2D eigenvalue weighted by molar-refractivity contribution is 0.464. The molecule has 7 heteroatoms. The van der Waals surface area contributed by atoms with Gasteiger partial charge >= 0.3 is 0 Å². The smallest absolute Gasteiger partial charge is 0.245 e. The monoisotopic (exact) mass is 316 g/mol. The molecule has 2 rings (SSSR count). The van der Waals surface area contributed by atoms with Crippen LogP contribution in [0.3, 0.4) is 0 Å². The number of nitrogens with zero attached hydrogens (tertiary/aromatic N) is 2. The molecule has 0 saturated carbocycles. The van der Waals surface area contributed by atoms with Crippen molar-refractivity contribution in [3.8, 4) is 0 Å². The molecule has 0 aromatic carbocycles. The lowest BCUT2D eigenvalue weighted by Crippen LogP contribution is -2.25. The zero-order chi connectivity index (χ0) is 14.0. The summed E-state index contributed by atoms with van der Waals surface area (Å²) in [6, 6.07) is 3.56. The first-order valence-electron chi connectivity index (χ1n) is 5.89. The van der Waals surface area contributed by atoms with Crippen LogP contribution in [0.25, 0.3) is 0 Å². The number of rotatable bonds is 5. The van der Waals surface area contributed by atoms with Gasteiger partial charge in [-0.15, -0.1) is 22.7 Å². The summed E-state index contributed by atoms with van der Waals surface area (Å²) in [4.78, 5) is 5.38. The summed E-state index contributed by atoms with van der Waals surface area (Å²) in [6.07, 6.45) is 0.856. The van der Waals surface area contributed by atoms with Crippen molar-refractivity contribution in [1.29, 1.82) is 0 Å². The SMILES string of the molecule is CCc1ccc(S(=O)(=O)N(C)Cc2csc(C)n2)s1. The zero-order valence-corrected chi connectivity index (χ0v) is 13.5. The average Bonchev–Trinajstić information content (AvgIpc) is 2.98. The van der Waals surface area contributed by atoms with Gasteiger partial charge in [0.05, 0.1) is 17.2 Å². The summed E-state index contributed by atoms with van der Waals surface area (Å²) >= 11 is 2.87. The van der Waals surface area contributed by atoms with Crippen LogP contribution in [-0.4, -0.2) is 24.8 Å². The van der Waals surface area contributed by atoms with E-state index in [2.05, 4.69) is 4.98 Å². The van der Waals surface area contributed by atoms with E-state index < -0.39 is 10.0 Å². The summed E-state index contributed by atoms with van der Waals surface area (Å²) in [6.45, 7) is 4.24. The quantitative estimate of drug-likeness (QED) is 0.852. The Kier molecular flexibility index (Phi) is 4.39. The summed E-state index contributed by atoms with van der Waals surface area (Å²) in [5, 5.41) is 2.85. The highest BCUT2D eigenvalue weighted by Crippen LogP contribution is 2.25. The number of aromatic nitrogens is 1. The van der Waals surface area contributed by atoms with Gasteiger partial charge in [0.2, 0.25) is 0 Å². The fourth-order valence-electron chi connectivity index (χ4n) is 1.63. The summed E-state index contributed by atoms with van der Waals surface area (Å²) in [7, 11) is -1.81. The Hall–Kier alpha value is -0.760. The van der Waals surface area contributed by atoms with E-state index in [-0.39, 0.29) is 0 Å². The molecule has 4 nitrogen and oxygen atoms in total. The van der Waals surface area contributed by atoms with Crippen molar-refractivity contribution in [2.75, 3.05) is 7.05 Å². The van der Waals surface area contributed by atoms with Gasteiger partial charge in [0, 0.05) is 17.3 Å². The number of hydrogen-bond donors (Lipinski definition) is 0. The molecule has 0 amide bonds. The first-order valence-corrected chi connectivity index (χ1v) is 9.03. The third kappa shape index (κ3) is 3.22. The molecule has 0 spiro atoms. The van der Waals surface area contributed by atoms with E-state index in [9.17, 15) is 8.42 Å². The normalized spacial score (nSPS) is 12.2. The Morgan fingerprint density at radius 3 is 2.63 bits per heavy atom. The van der Waals surface area contributed by atoms with Crippen LogP contribution in [0.1, 0.15) is 22.5 Å². The first kappa shape index (κ1) is 14.6. The molecule has 0 atom stereocenters. The predicted molar refractivity (Wildman–Crippen MR) is 79.2 cm³/mol. The third-order valence-electron chi connectivity index (χ3n) is 2.70. The Morgan fingerprint density at radius 2 is 2.11 bits per heavy atom. The second kappa shape index (κ2) is 5.70. The van der Waals surface area contributed by atoms with Crippen molar-refractivity contribution in [1.82, 2.24) is 9.29 Å². The van der Waals surface area contributed by atoms with Crippen LogP contribution in [0.4, 0.5) is 0 Å². The zero-order valence-electron chi connectivity index (χ0n) is 11.1. The van der Waals surface area contributed by atoms with E-state index in [1.165, 1.54) is 27.0 Å². The van der Waals surface area contributed by atoms with E-state index in [1.807, 2.05) is 25.3 Å². The van der Waals surface area contributed by atoms with Gasteiger partial charge in [0.1, 0.15) is 4.21 Å². The second-order valence-electron chi connectivity index (χ2n) is 4.19. The van der Waals surface area contributed by atoms with Crippen molar-refractivity contribution in [2.45, 2.75) is 31.0 Å². The highest BCUT2D eigenvalue weighted by Gasteiger charge is 2.23. The molecule has 19 heavy (non-hydrogen) atoms. The molecule has 0 saturated heterocycles. The van der Waals surface area contributed by atoms with Crippen molar-refractivity contribution >= 4 is 32.7 Å². The molecule has 0 unspecified atom stereocenters. The van der Waals surface area contributed by atoms with E-state index in [0.29, 0.717) is 10.8 Å². The van der Waals surface area contributed by atoms with Crippen LogP contribution in [-0.2, 0) is 23.0 Å². The predicted octanol–water partition coefficient (Wildman–Crippen LogP) is 2.90. The topological polar surface area (TPSA) is 50.3 Å². The highest BCUT2D eigenvalue weighted by molar-refractivity contribution is 7.91. The first-order chi connectivity index (χ1) is 8.93. The van der Waals surface area contributed by atoms with Gasteiger partial charge in [-0.2, -0.15) is 4.31 Å². The Bertz CT molecular complexity index is 658. The van der Waals surface area contributed by atoms with Crippen LogP contribution in [0.5, 0.6) is 0 Å². The maximum absolute atomic E-state index is 12.4. The molecule has 0 fully saturated rings. The minimum Gasteiger partial charge on any atom is -0.245 e. The standard InChI is InChI=1S/C12H16N2O2S3/c1-4-11-5-6-12(18-11)19(15,16)14(3)7-10-8-17-9(2)13-10/h5-6,8H,4,7H2,1-3H3. The fourth-order valence-corrected chi connectivity index (χ4v) is 4.89. The van der Waals surface area contributed by atoms with Crippen LogP contribution >= 0.6 is 22.7 Å². The number of aryl methyl sites for hydroxylation is 2. The lowest BCUT2D eigenvalue weighted by atomic mass is 10.4. The Labute approximate surface area is 121 Å². The van der Waals surface area contributed by atoms with Crippen molar-refractivity contribution in [3.63, 3.8) is 0 Å². The molecule has 2 aromatic heterocycles. The van der Waals surface area contributed by atoms with Gasteiger partial charge in [-0.25, -0.2) is 13.4 Å². The maximum Gasteiger partial charge on any atom is 0.252 e. The van der Waals surface area contributed by atoms with Crippen LogP contribution in [0.15, 0.2) is 21.7 Å². The largest absolute Gasteiger partial charge is 0.252 e. The van der Waals surface area contributed by atoms with E-state index in [1.54, 1.807) is 13.1 Å². The van der Waals surface area contributed by atoms with E-state index >= 15 is 0 Å². The molecule has 2 heterocycles. The van der Waals surface area contributed by atoms with Gasteiger partial charge in [-0.1, -0.05) is 6.92 Å².